The molecule has 1 atom stereocenters. The fourth-order valence-corrected chi connectivity index (χ4v) is 5.10. The first kappa shape index (κ1) is 15.5. The van der Waals surface area contributed by atoms with Crippen molar-refractivity contribution in [3.63, 3.8) is 0 Å². The summed E-state index contributed by atoms with van der Waals surface area (Å²) < 4.78 is 18.8. The van der Waals surface area contributed by atoms with E-state index in [0.29, 0.717) is 10.6 Å². The summed E-state index contributed by atoms with van der Waals surface area (Å²) in [6.07, 6.45) is 0. The molecule has 0 saturated carbocycles. The summed E-state index contributed by atoms with van der Waals surface area (Å²) in [5.74, 6) is -0.423. The molecule has 0 aliphatic rings. The zero-order chi connectivity index (χ0) is 15.3. The molecule has 21 heavy (non-hydrogen) atoms. The van der Waals surface area contributed by atoms with Gasteiger partial charge in [0.2, 0.25) is 0 Å². The lowest BCUT2D eigenvalue weighted by molar-refractivity contribution is -0.142. The third-order valence-corrected chi connectivity index (χ3v) is 6.88. The van der Waals surface area contributed by atoms with Crippen LogP contribution in [0, 0.1) is 0 Å². The Morgan fingerprint density at radius 2 is 1.43 bits per heavy atom. The molecule has 0 aromatic heterocycles. The Kier molecular flexibility index (Phi) is 4.98. The predicted molar refractivity (Wildman–Crippen MR) is 85.9 cm³/mol. The molecular weight excluding hydrogens is 283 g/mol. The Bertz CT molecular complexity index is 594. The van der Waals surface area contributed by atoms with Crippen LogP contribution < -0.4 is 10.6 Å². The number of esters is 1. The molecule has 0 aliphatic carbocycles. The van der Waals surface area contributed by atoms with Crippen LogP contribution in [0.25, 0.3) is 0 Å². The highest BCUT2D eigenvalue weighted by atomic mass is 31.2. The summed E-state index contributed by atoms with van der Waals surface area (Å²) in [4.78, 5) is 12.1. The van der Waals surface area contributed by atoms with E-state index in [-0.39, 0.29) is 6.61 Å². The molecule has 0 aliphatic heterocycles. The van der Waals surface area contributed by atoms with Crippen molar-refractivity contribution < 1.29 is 14.1 Å². The van der Waals surface area contributed by atoms with Crippen LogP contribution in [-0.4, -0.2) is 18.2 Å². The molecule has 1 unspecified atom stereocenters. The molecule has 0 radical (unpaired) electrons. The quantitative estimate of drug-likeness (QED) is 0.630. The lowest BCUT2D eigenvalue weighted by Gasteiger charge is -2.24. The summed E-state index contributed by atoms with van der Waals surface area (Å²) in [5.41, 5.74) is -0.706. The van der Waals surface area contributed by atoms with Crippen molar-refractivity contribution in [3.05, 3.63) is 60.7 Å². The van der Waals surface area contributed by atoms with Crippen LogP contribution in [0.2, 0.25) is 0 Å². The summed E-state index contributed by atoms with van der Waals surface area (Å²) >= 11 is 0. The highest BCUT2D eigenvalue weighted by molar-refractivity contribution is 7.80. The molecule has 0 amide bonds. The van der Waals surface area contributed by atoms with Crippen LogP contribution in [0.5, 0.6) is 0 Å². The maximum atomic E-state index is 13.7. The number of benzene rings is 2. The fourth-order valence-electron chi connectivity index (χ4n) is 2.31. The van der Waals surface area contributed by atoms with Gasteiger partial charge in [0.15, 0.2) is 7.14 Å². The molecular formula is C17H19O3P. The summed E-state index contributed by atoms with van der Waals surface area (Å²) in [6, 6.07) is 18.3. The SMILES string of the molecule is CCOC(=O)C(C)P(=O)(c1ccccc1)c1ccccc1. The van der Waals surface area contributed by atoms with E-state index >= 15 is 0 Å². The van der Waals surface area contributed by atoms with Crippen molar-refractivity contribution in [3.8, 4) is 0 Å². The van der Waals surface area contributed by atoms with Crippen molar-refractivity contribution in [2.45, 2.75) is 19.5 Å². The standard InChI is InChI=1S/C17H19O3P/c1-3-20-17(18)14(2)21(19,15-10-6-4-7-11-15)16-12-8-5-9-13-16/h4-14H,3H2,1-2H3. The van der Waals surface area contributed by atoms with Crippen LogP contribution in [0.15, 0.2) is 60.7 Å². The Morgan fingerprint density at radius 3 is 1.81 bits per heavy atom. The van der Waals surface area contributed by atoms with Gasteiger partial charge in [-0.25, -0.2) is 0 Å². The number of hydrogen-bond donors (Lipinski definition) is 0. The molecule has 0 fully saturated rings. The minimum absolute atomic E-state index is 0.284. The zero-order valence-corrected chi connectivity index (χ0v) is 13.1. The van der Waals surface area contributed by atoms with Crippen molar-refractivity contribution in [2.24, 2.45) is 0 Å². The molecule has 0 spiro atoms. The van der Waals surface area contributed by atoms with Gasteiger partial charge in [0, 0.05) is 10.6 Å². The van der Waals surface area contributed by atoms with E-state index in [9.17, 15) is 9.36 Å². The molecule has 110 valence electrons. The largest absolute Gasteiger partial charge is 0.465 e. The first-order valence-electron chi connectivity index (χ1n) is 6.98. The second-order valence-electron chi connectivity index (χ2n) is 4.76. The van der Waals surface area contributed by atoms with Gasteiger partial charge >= 0.3 is 5.97 Å². The summed E-state index contributed by atoms with van der Waals surface area (Å²) in [6.45, 7) is 3.71. The van der Waals surface area contributed by atoms with Crippen molar-refractivity contribution >= 4 is 23.7 Å². The van der Waals surface area contributed by atoms with Crippen LogP contribution in [0.3, 0.4) is 0 Å². The van der Waals surface area contributed by atoms with Gasteiger partial charge in [-0.3, -0.25) is 4.79 Å². The van der Waals surface area contributed by atoms with Crippen molar-refractivity contribution in [1.29, 1.82) is 0 Å². The molecule has 2 aromatic carbocycles. The molecule has 0 heterocycles. The van der Waals surface area contributed by atoms with Crippen LogP contribution >= 0.6 is 7.14 Å². The van der Waals surface area contributed by atoms with Gasteiger partial charge in [0.25, 0.3) is 0 Å². The lowest BCUT2D eigenvalue weighted by Crippen LogP contribution is -2.31. The predicted octanol–water partition coefficient (Wildman–Crippen LogP) is 2.95. The highest BCUT2D eigenvalue weighted by Gasteiger charge is 2.38. The molecule has 0 saturated heterocycles. The van der Waals surface area contributed by atoms with E-state index in [4.69, 9.17) is 4.74 Å². The average Bonchev–Trinajstić information content (AvgIpc) is 2.55. The van der Waals surface area contributed by atoms with E-state index in [1.54, 1.807) is 13.8 Å². The van der Waals surface area contributed by atoms with Gasteiger partial charge in [-0.2, -0.15) is 0 Å². The second kappa shape index (κ2) is 6.73. The van der Waals surface area contributed by atoms with E-state index in [1.807, 2.05) is 60.7 Å². The maximum absolute atomic E-state index is 13.7. The van der Waals surface area contributed by atoms with Gasteiger partial charge in [-0.1, -0.05) is 60.7 Å². The average molecular weight is 302 g/mol. The van der Waals surface area contributed by atoms with Crippen LogP contribution in [0.1, 0.15) is 13.8 Å². The van der Waals surface area contributed by atoms with Crippen molar-refractivity contribution in [2.75, 3.05) is 6.61 Å². The molecule has 0 N–H and O–H groups in total. The number of carbonyl (C=O) groups is 1. The molecule has 0 bridgehead atoms. The molecule has 2 aromatic rings. The third kappa shape index (κ3) is 3.08. The minimum Gasteiger partial charge on any atom is -0.465 e. The van der Waals surface area contributed by atoms with E-state index < -0.39 is 18.8 Å². The Hall–Kier alpha value is -1.86. The fraction of sp³-hybridized carbons (Fsp3) is 0.235. The van der Waals surface area contributed by atoms with E-state index in [2.05, 4.69) is 0 Å². The van der Waals surface area contributed by atoms with Crippen LogP contribution in [-0.2, 0) is 14.1 Å². The number of ether oxygens (including phenoxy) is 1. The lowest BCUT2D eigenvalue weighted by atomic mass is 10.4. The van der Waals surface area contributed by atoms with Gasteiger partial charge < -0.3 is 9.30 Å². The summed E-state index contributed by atoms with van der Waals surface area (Å²) in [7, 11) is -3.08. The Labute approximate surface area is 125 Å². The zero-order valence-electron chi connectivity index (χ0n) is 12.2. The normalized spacial score (nSPS) is 12.7. The first-order chi connectivity index (χ1) is 10.1. The second-order valence-corrected chi connectivity index (χ2v) is 7.88. The monoisotopic (exact) mass is 302 g/mol. The number of hydrogen-bond acceptors (Lipinski definition) is 3. The number of rotatable bonds is 5. The third-order valence-electron chi connectivity index (χ3n) is 3.45. The molecule has 4 heteroatoms. The Morgan fingerprint density at radius 1 is 1.00 bits per heavy atom. The summed E-state index contributed by atoms with van der Waals surface area (Å²) in [5, 5.41) is 1.36. The minimum atomic E-state index is -3.08. The van der Waals surface area contributed by atoms with E-state index in [0.717, 1.165) is 0 Å². The van der Waals surface area contributed by atoms with Gasteiger partial charge in [-0.05, 0) is 13.8 Å². The molecule has 3 nitrogen and oxygen atoms in total. The Balaban J connectivity index is 2.55. The smallest absolute Gasteiger partial charge is 0.316 e. The highest BCUT2D eigenvalue weighted by Crippen LogP contribution is 2.48. The van der Waals surface area contributed by atoms with Gasteiger partial charge in [0.1, 0.15) is 5.66 Å². The number of carbonyl (C=O) groups excluding carboxylic acids is 1. The van der Waals surface area contributed by atoms with Gasteiger partial charge in [0.05, 0.1) is 6.61 Å². The topological polar surface area (TPSA) is 43.4 Å². The molecule has 2 rings (SSSR count). The van der Waals surface area contributed by atoms with Crippen LogP contribution in [0.4, 0.5) is 0 Å². The maximum Gasteiger partial charge on any atom is 0.316 e. The van der Waals surface area contributed by atoms with Gasteiger partial charge in [-0.15, -0.1) is 0 Å². The van der Waals surface area contributed by atoms with E-state index in [1.165, 1.54) is 0 Å². The van der Waals surface area contributed by atoms with Crippen molar-refractivity contribution in [1.82, 2.24) is 0 Å². The first-order valence-corrected chi connectivity index (χ1v) is 8.76.